The number of rotatable bonds is 10. The third kappa shape index (κ3) is 6.07. The van der Waals surface area contributed by atoms with Crippen LogP contribution in [0.3, 0.4) is 0 Å². The number of benzene rings is 2. The molecule has 1 aliphatic heterocycles. The Morgan fingerprint density at radius 1 is 1.10 bits per heavy atom. The number of pyridine rings is 1. The van der Waals surface area contributed by atoms with Crippen molar-refractivity contribution < 1.29 is 27.5 Å². The third-order valence-corrected chi connectivity index (χ3v) is 9.14. The van der Waals surface area contributed by atoms with Crippen LogP contribution in [0.2, 0.25) is 0 Å². The van der Waals surface area contributed by atoms with Crippen molar-refractivity contribution in [2.24, 2.45) is 5.92 Å². The van der Waals surface area contributed by atoms with E-state index in [0.717, 1.165) is 41.4 Å². The first-order chi connectivity index (χ1) is 18.7. The van der Waals surface area contributed by atoms with E-state index >= 15 is 0 Å². The van der Waals surface area contributed by atoms with E-state index in [4.69, 9.17) is 9.47 Å². The molecule has 1 saturated heterocycles. The van der Waals surface area contributed by atoms with Gasteiger partial charge in [0.05, 0.1) is 29.5 Å². The molecule has 2 aromatic carbocycles. The smallest absolute Gasteiger partial charge is 0.307 e. The summed E-state index contributed by atoms with van der Waals surface area (Å²) in [6.07, 6.45) is 3.57. The molecule has 39 heavy (non-hydrogen) atoms. The van der Waals surface area contributed by atoms with Crippen LogP contribution in [0, 0.1) is 12.8 Å². The Kier molecular flexibility index (Phi) is 7.59. The summed E-state index contributed by atoms with van der Waals surface area (Å²) in [4.78, 5) is 30.9. The number of aromatic nitrogens is 1. The van der Waals surface area contributed by atoms with E-state index in [9.17, 15) is 18.0 Å². The molecular weight excluding hydrogens is 518 g/mol. The van der Waals surface area contributed by atoms with Crippen LogP contribution < -0.4 is 9.46 Å². The quantitative estimate of drug-likeness (QED) is 0.382. The number of sulfonamides is 1. The van der Waals surface area contributed by atoms with Crippen LogP contribution in [0.4, 0.5) is 0 Å². The Bertz CT molecular complexity index is 1480. The Balaban J connectivity index is 1.25. The maximum atomic E-state index is 13.3. The monoisotopic (exact) mass is 551 g/mol. The fourth-order valence-corrected chi connectivity index (χ4v) is 6.61. The van der Waals surface area contributed by atoms with E-state index in [1.54, 1.807) is 17.0 Å². The topological polar surface area (TPSA) is 115 Å². The molecule has 0 unspecified atom stereocenters. The molecule has 0 radical (unpaired) electrons. The molecule has 206 valence electrons. The number of amides is 1. The second-order valence-corrected chi connectivity index (χ2v) is 12.3. The molecule has 9 nitrogen and oxygen atoms in total. The van der Waals surface area contributed by atoms with Crippen LogP contribution in [0.15, 0.2) is 59.5 Å². The van der Waals surface area contributed by atoms with Gasteiger partial charge in [-0.3, -0.25) is 14.6 Å². The molecule has 0 atom stereocenters. The van der Waals surface area contributed by atoms with Gasteiger partial charge in [0.2, 0.25) is 15.9 Å². The van der Waals surface area contributed by atoms with Gasteiger partial charge in [-0.05, 0) is 62.1 Å². The average molecular weight is 552 g/mol. The first-order valence-electron chi connectivity index (χ1n) is 13.1. The van der Waals surface area contributed by atoms with E-state index < -0.39 is 21.5 Å². The largest absolute Gasteiger partial charge is 0.489 e. The lowest BCUT2D eigenvalue weighted by molar-refractivity contribution is -0.150. The molecule has 5 rings (SSSR count). The molecule has 1 amide bonds. The second kappa shape index (κ2) is 10.9. The van der Waals surface area contributed by atoms with Crippen LogP contribution in [0.1, 0.15) is 43.4 Å². The molecule has 0 bridgehead atoms. The SMILES string of the molecule is COC(=O)CC1(NS(=O)(=O)c2ccc(OCc3cc(C)nc4ccccc34)cc2)CN(C(=O)CC2CCC2)C1. The lowest BCUT2D eigenvalue weighted by atomic mass is 9.81. The maximum Gasteiger partial charge on any atom is 0.307 e. The number of fused-ring (bicyclic) bond motifs is 1. The minimum Gasteiger partial charge on any atom is -0.489 e. The van der Waals surface area contributed by atoms with Gasteiger partial charge in [-0.1, -0.05) is 24.6 Å². The Hall–Kier alpha value is -3.50. The van der Waals surface area contributed by atoms with Crippen LogP contribution in [0.25, 0.3) is 10.9 Å². The van der Waals surface area contributed by atoms with Gasteiger partial charge in [-0.25, -0.2) is 13.1 Å². The minimum absolute atomic E-state index is 0.00180. The van der Waals surface area contributed by atoms with Crippen LogP contribution in [-0.4, -0.2) is 55.9 Å². The van der Waals surface area contributed by atoms with Crippen molar-refractivity contribution in [3.63, 3.8) is 0 Å². The summed E-state index contributed by atoms with van der Waals surface area (Å²) < 4.78 is 40.0. The highest BCUT2D eigenvalue weighted by atomic mass is 32.2. The van der Waals surface area contributed by atoms with Gasteiger partial charge in [-0.15, -0.1) is 0 Å². The minimum atomic E-state index is -3.98. The zero-order valence-electron chi connectivity index (χ0n) is 22.2. The Labute approximate surface area is 228 Å². The van der Waals surface area contributed by atoms with Crippen molar-refractivity contribution in [3.8, 4) is 5.75 Å². The van der Waals surface area contributed by atoms with Gasteiger partial charge in [0, 0.05) is 36.2 Å². The molecule has 1 N–H and O–H groups in total. The number of carbonyl (C=O) groups is 2. The number of esters is 1. The van der Waals surface area contributed by atoms with Gasteiger partial charge < -0.3 is 14.4 Å². The van der Waals surface area contributed by atoms with Gasteiger partial charge >= 0.3 is 5.97 Å². The van der Waals surface area contributed by atoms with Gasteiger partial charge in [0.15, 0.2) is 0 Å². The molecule has 3 aromatic rings. The highest BCUT2D eigenvalue weighted by Crippen LogP contribution is 2.33. The van der Waals surface area contributed by atoms with Crippen molar-refractivity contribution in [1.29, 1.82) is 0 Å². The number of nitrogens with zero attached hydrogens (tertiary/aromatic N) is 2. The number of methoxy groups -OCH3 is 1. The molecular formula is C29H33N3O6S. The number of hydrogen-bond donors (Lipinski definition) is 1. The summed E-state index contributed by atoms with van der Waals surface area (Å²) in [6.45, 7) is 2.50. The van der Waals surface area contributed by atoms with Crippen molar-refractivity contribution in [2.75, 3.05) is 20.2 Å². The summed E-state index contributed by atoms with van der Waals surface area (Å²) in [5.41, 5.74) is 1.67. The number of para-hydroxylation sites is 1. The molecule has 2 aliphatic rings. The van der Waals surface area contributed by atoms with Crippen molar-refractivity contribution in [1.82, 2.24) is 14.6 Å². The summed E-state index contributed by atoms with van der Waals surface area (Å²) in [6, 6.07) is 16.0. The molecule has 1 saturated carbocycles. The fraction of sp³-hybridized carbons (Fsp3) is 0.414. The summed E-state index contributed by atoms with van der Waals surface area (Å²) in [5.74, 6) is 0.393. The highest BCUT2D eigenvalue weighted by molar-refractivity contribution is 7.89. The van der Waals surface area contributed by atoms with E-state index in [0.29, 0.717) is 24.7 Å². The number of likely N-dealkylation sites (tertiary alicyclic amines) is 1. The highest BCUT2D eigenvalue weighted by Gasteiger charge is 2.49. The normalized spacial score (nSPS) is 16.8. The van der Waals surface area contributed by atoms with Gasteiger partial charge in [0.25, 0.3) is 0 Å². The third-order valence-electron chi connectivity index (χ3n) is 7.55. The lowest BCUT2D eigenvalue weighted by Gasteiger charge is -2.50. The van der Waals surface area contributed by atoms with Gasteiger partial charge in [0.1, 0.15) is 12.4 Å². The van der Waals surface area contributed by atoms with E-state index in [1.807, 2.05) is 37.3 Å². The van der Waals surface area contributed by atoms with Crippen LogP contribution >= 0.6 is 0 Å². The number of carbonyl (C=O) groups excluding carboxylic acids is 2. The second-order valence-electron chi connectivity index (χ2n) is 10.6. The predicted octanol–water partition coefficient (Wildman–Crippen LogP) is 3.73. The molecule has 2 fully saturated rings. The number of aryl methyl sites for hydroxylation is 1. The van der Waals surface area contributed by atoms with E-state index in [-0.39, 0.29) is 30.3 Å². The average Bonchev–Trinajstić information content (AvgIpc) is 2.87. The van der Waals surface area contributed by atoms with Crippen molar-refractivity contribution in [2.45, 2.75) is 56.1 Å². The first-order valence-corrected chi connectivity index (χ1v) is 14.6. The zero-order chi connectivity index (χ0) is 27.6. The first kappa shape index (κ1) is 27.1. The maximum absolute atomic E-state index is 13.3. The van der Waals surface area contributed by atoms with Crippen molar-refractivity contribution in [3.05, 3.63) is 65.9 Å². The number of nitrogens with one attached hydrogen (secondary N) is 1. The molecule has 2 heterocycles. The zero-order valence-corrected chi connectivity index (χ0v) is 23.0. The summed E-state index contributed by atoms with van der Waals surface area (Å²) in [5, 5.41) is 1.00. The van der Waals surface area contributed by atoms with Crippen molar-refractivity contribution >= 4 is 32.8 Å². The fourth-order valence-electron chi connectivity index (χ4n) is 5.23. The lowest BCUT2D eigenvalue weighted by Crippen LogP contribution is -2.72. The predicted molar refractivity (Wildman–Crippen MR) is 145 cm³/mol. The van der Waals surface area contributed by atoms with E-state index in [2.05, 4.69) is 9.71 Å². The molecule has 10 heteroatoms. The summed E-state index contributed by atoms with van der Waals surface area (Å²) >= 11 is 0. The van der Waals surface area contributed by atoms with Crippen LogP contribution in [0.5, 0.6) is 5.75 Å². The number of ether oxygens (including phenoxy) is 2. The standard InChI is InChI=1S/C29H33N3O6S/c1-20-14-22(25-8-3-4-9-26(25)30-20)17-38-23-10-12-24(13-11-23)39(35,36)31-29(16-28(34)37-2)18-32(19-29)27(33)15-21-6-5-7-21/h3-4,8-14,21,31H,5-7,15-19H2,1-2H3. The number of hydrogen-bond acceptors (Lipinski definition) is 7. The summed E-state index contributed by atoms with van der Waals surface area (Å²) in [7, 11) is -2.71. The molecule has 0 spiro atoms. The van der Waals surface area contributed by atoms with E-state index in [1.165, 1.54) is 19.2 Å². The Morgan fingerprint density at radius 2 is 1.82 bits per heavy atom. The van der Waals surface area contributed by atoms with Crippen LogP contribution in [-0.2, 0) is 31.0 Å². The van der Waals surface area contributed by atoms with Gasteiger partial charge in [-0.2, -0.15) is 0 Å². The Morgan fingerprint density at radius 3 is 2.49 bits per heavy atom. The molecule has 1 aromatic heterocycles. The molecule has 1 aliphatic carbocycles.